The first kappa shape index (κ1) is 17.4. The Kier molecular flexibility index (Phi) is 3.84. The molecule has 0 saturated heterocycles. The van der Waals surface area contributed by atoms with Crippen LogP contribution in [0.3, 0.4) is 0 Å². The summed E-state index contributed by atoms with van der Waals surface area (Å²) in [5.74, 6) is 0.262. The number of benzene rings is 2. The van der Waals surface area contributed by atoms with Crippen LogP contribution < -0.4 is 4.90 Å². The number of nitrogens with zero attached hydrogens (tertiary/aromatic N) is 3. The molecule has 0 radical (unpaired) electrons. The quantitative estimate of drug-likeness (QED) is 0.459. The number of carbonyl (C=O) groups excluding carboxylic acids is 1. The number of hydrogen-bond acceptors (Lipinski definition) is 2. The maximum Gasteiger partial charge on any atom is 0.258 e. The Morgan fingerprint density at radius 3 is 2.62 bits per heavy atom. The van der Waals surface area contributed by atoms with Crippen LogP contribution in [0, 0.1) is 12.7 Å². The first-order valence-electron chi connectivity index (χ1n) is 9.37. The normalized spacial score (nSPS) is 14.8. The minimum atomic E-state index is -0.368. The standard InChI is InChI=1S/C24H18FN3O/c1-15-6-8-16(9-7-15)23-26-20(22-5-3-4-12-28(22)23)14-19-18-13-17(25)10-11-21(18)27(2)24(19)29/h3-14H,1-2H3/b19-14+. The molecular weight excluding hydrogens is 365 g/mol. The number of carbonyl (C=O) groups is 1. The van der Waals surface area contributed by atoms with Crippen LogP contribution in [-0.4, -0.2) is 22.3 Å². The van der Waals surface area contributed by atoms with E-state index in [4.69, 9.17) is 4.98 Å². The SMILES string of the molecule is Cc1ccc(-c2nc(/C=C3/C(=O)N(C)c4ccc(F)cc43)c3ccccn23)cc1. The highest BCUT2D eigenvalue weighted by atomic mass is 19.1. The molecule has 0 unspecified atom stereocenters. The zero-order chi connectivity index (χ0) is 20.1. The highest BCUT2D eigenvalue weighted by Crippen LogP contribution is 2.38. The van der Waals surface area contributed by atoms with Crippen LogP contribution in [0.15, 0.2) is 66.9 Å². The van der Waals surface area contributed by atoms with Gasteiger partial charge >= 0.3 is 0 Å². The molecule has 0 spiro atoms. The molecular formula is C24H18FN3O. The van der Waals surface area contributed by atoms with E-state index in [0.717, 1.165) is 16.9 Å². The van der Waals surface area contributed by atoms with E-state index in [1.807, 2.05) is 60.0 Å². The van der Waals surface area contributed by atoms with Gasteiger partial charge in [-0.15, -0.1) is 0 Å². The smallest absolute Gasteiger partial charge is 0.258 e. The number of rotatable bonds is 2. The van der Waals surface area contributed by atoms with E-state index < -0.39 is 0 Å². The number of pyridine rings is 1. The molecule has 5 rings (SSSR count). The van der Waals surface area contributed by atoms with E-state index >= 15 is 0 Å². The second-order valence-corrected chi connectivity index (χ2v) is 7.23. The van der Waals surface area contributed by atoms with E-state index in [1.165, 1.54) is 17.7 Å². The van der Waals surface area contributed by atoms with Crippen LogP contribution in [0.4, 0.5) is 10.1 Å². The van der Waals surface area contributed by atoms with E-state index in [0.29, 0.717) is 22.5 Å². The molecule has 3 heterocycles. The van der Waals surface area contributed by atoms with Crippen LogP contribution in [0.1, 0.15) is 16.8 Å². The van der Waals surface area contributed by atoms with Gasteiger partial charge in [0, 0.05) is 24.4 Å². The molecule has 1 aliphatic heterocycles. The van der Waals surface area contributed by atoms with E-state index in [-0.39, 0.29) is 11.7 Å². The summed E-state index contributed by atoms with van der Waals surface area (Å²) in [6.45, 7) is 2.04. The van der Waals surface area contributed by atoms with Crippen molar-refractivity contribution in [3.63, 3.8) is 0 Å². The summed E-state index contributed by atoms with van der Waals surface area (Å²) in [4.78, 5) is 19.2. The molecule has 2 aromatic heterocycles. The number of hydrogen-bond donors (Lipinski definition) is 0. The van der Waals surface area contributed by atoms with Crippen molar-refractivity contribution < 1.29 is 9.18 Å². The number of fused-ring (bicyclic) bond motifs is 2. The Morgan fingerprint density at radius 1 is 1.03 bits per heavy atom. The number of halogens is 1. The van der Waals surface area contributed by atoms with Crippen LogP contribution in [0.25, 0.3) is 28.6 Å². The van der Waals surface area contributed by atoms with E-state index in [2.05, 4.69) is 0 Å². The maximum atomic E-state index is 13.9. The fourth-order valence-electron chi connectivity index (χ4n) is 3.77. The van der Waals surface area contributed by atoms with Gasteiger partial charge < -0.3 is 4.90 Å². The topological polar surface area (TPSA) is 37.6 Å². The van der Waals surface area contributed by atoms with Gasteiger partial charge in [0.05, 0.1) is 22.5 Å². The molecule has 29 heavy (non-hydrogen) atoms. The van der Waals surface area contributed by atoms with Gasteiger partial charge in [0.2, 0.25) is 0 Å². The van der Waals surface area contributed by atoms with Gasteiger partial charge in [-0.05, 0) is 43.3 Å². The third-order valence-electron chi connectivity index (χ3n) is 5.31. The molecule has 2 aromatic carbocycles. The Bertz CT molecular complexity index is 1300. The number of anilines is 1. The van der Waals surface area contributed by atoms with Crippen molar-refractivity contribution in [1.29, 1.82) is 0 Å². The molecule has 4 nitrogen and oxygen atoms in total. The molecule has 4 aromatic rings. The van der Waals surface area contributed by atoms with Crippen molar-refractivity contribution in [2.75, 3.05) is 11.9 Å². The van der Waals surface area contributed by atoms with Gasteiger partial charge in [0.15, 0.2) is 0 Å². The first-order chi connectivity index (χ1) is 14.0. The number of likely N-dealkylation sites (N-methyl/N-ethyl adjacent to an activating group) is 1. The lowest BCUT2D eigenvalue weighted by Gasteiger charge is -2.08. The molecule has 5 heteroatoms. The lowest BCUT2D eigenvalue weighted by Crippen LogP contribution is -2.20. The van der Waals surface area contributed by atoms with Crippen LogP contribution >= 0.6 is 0 Å². The van der Waals surface area contributed by atoms with Gasteiger partial charge in [-0.1, -0.05) is 35.9 Å². The average Bonchev–Trinajstić information content (AvgIpc) is 3.20. The molecule has 0 saturated carbocycles. The molecule has 0 bridgehead atoms. The highest BCUT2D eigenvalue weighted by Gasteiger charge is 2.30. The largest absolute Gasteiger partial charge is 0.311 e. The Balaban J connectivity index is 1.72. The van der Waals surface area contributed by atoms with E-state index in [1.54, 1.807) is 24.1 Å². The van der Waals surface area contributed by atoms with Gasteiger partial charge in [-0.25, -0.2) is 9.37 Å². The van der Waals surface area contributed by atoms with Crippen LogP contribution in [0.2, 0.25) is 0 Å². The van der Waals surface area contributed by atoms with E-state index in [9.17, 15) is 9.18 Å². The summed E-state index contributed by atoms with van der Waals surface area (Å²) in [5, 5.41) is 0. The second-order valence-electron chi connectivity index (χ2n) is 7.23. The number of aromatic nitrogens is 2. The summed E-state index contributed by atoms with van der Waals surface area (Å²) >= 11 is 0. The zero-order valence-corrected chi connectivity index (χ0v) is 16.1. The van der Waals surface area contributed by atoms with Crippen LogP contribution in [0.5, 0.6) is 0 Å². The average molecular weight is 383 g/mol. The number of amides is 1. The predicted octanol–water partition coefficient (Wildman–Crippen LogP) is 4.97. The van der Waals surface area contributed by atoms with Crippen molar-refractivity contribution in [1.82, 2.24) is 9.38 Å². The molecule has 0 atom stereocenters. The van der Waals surface area contributed by atoms with Crippen LogP contribution in [-0.2, 0) is 4.79 Å². The molecule has 0 fully saturated rings. The van der Waals surface area contributed by atoms with Gasteiger partial charge in [0.25, 0.3) is 5.91 Å². The monoisotopic (exact) mass is 383 g/mol. The lowest BCUT2D eigenvalue weighted by molar-refractivity contribution is -0.112. The third-order valence-corrected chi connectivity index (χ3v) is 5.31. The minimum absolute atomic E-state index is 0.167. The summed E-state index contributed by atoms with van der Waals surface area (Å²) in [7, 11) is 1.70. The second kappa shape index (κ2) is 6.41. The van der Waals surface area contributed by atoms with Gasteiger partial charge in [-0.3, -0.25) is 9.20 Å². The molecule has 1 aliphatic rings. The Labute approximate surface area is 167 Å². The molecule has 0 aliphatic carbocycles. The fraction of sp³-hybridized carbons (Fsp3) is 0.0833. The maximum absolute atomic E-state index is 13.9. The number of imidazole rings is 1. The summed E-state index contributed by atoms with van der Waals surface area (Å²) in [5.41, 5.74) is 5.46. The Hall–Kier alpha value is -3.73. The molecule has 0 N–H and O–H groups in total. The zero-order valence-electron chi connectivity index (χ0n) is 16.1. The Morgan fingerprint density at radius 2 is 1.83 bits per heavy atom. The van der Waals surface area contributed by atoms with Crippen molar-refractivity contribution in [3.8, 4) is 11.4 Å². The number of aryl methyl sites for hydroxylation is 1. The summed E-state index contributed by atoms with van der Waals surface area (Å²) < 4.78 is 15.9. The van der Waals surface area contributed by atoms with Gasteiger partial charge in [0.1, 0.15) is 11.6 Å². The first-order valence-corrected chi connectivity index (χ1v) is 9.37. The summed E-state index contributed by atoms with van der Waals surface area (Å²) in [6.07, 6.45) is 3.72. The van der Waals surface area contributed by atoms with Crippen molar-refractivity contribution in [2.24, 2.45) is 0 Å². The summed E-state index contributed by atoms with van der Waals surface area (Å²) in [6, 6.07) is 18.4. The molecule has 1 amide bonds. The minimum Gasteiger partial charge on any atom is -0.311 e. The van der Waals surface area contributed by atoms with Crippen molar-refractivity contribution >= 4 is 28.8 Å². The third kappa shape index (κ3) is 2.74. The van der Waals surface area contributed by atoms with Gasteiger partial charge in [-0.2, -0.15) is 0 Å². The fourth-order valence-corrected chi connectivity index (χ4v) is 3.77. The molecule has 142 valence electrons. The lowest BCUT2D eigenvalue weighted by atomic mass is 10.1. The predicted molar refractivity (Wildman–Crippen MR) is 113 cm³/mol. The van der Waals surface area contributed by atoms with Crippen molar-refractivity contribution in [2.45, 2.75) is 6.92 Å². The highest BCUT2D eigenvalue weighted by molar-refractivity contribution is 6.35. The van der Waals surface area contributed by atoms with Crippen molar-refractivity contribution in [3.05, 3.63) is 89.5 Å².